The summed E-state index contributed by atoms with van der Waals surface area (Å²) in [5, 5.41) is 15.3. The van der Waals surface area contributed by atoms with Gasteiger partial charge in [-0.2, -0.15) is 9.78 Å². The molecule has 1 unspecified atom stereocenters. The first-order valence-corrected chi connectivity index (χ1v) is 4.21. The molecule has 7 heteroatoms. The monoisotopic (exact) mass is 193 g/mol. The van der Waals surface area contributed by atoms with Crippen molar-refractivity contribution in [1.29, 1.82) is 0 Å². The van der Waals surface area contributed by atoms with Crippen LogP contribution in [0.5, 0.6) is 0 Å². The van der Waals surface area contributed by atoms with Crippen molar-refractivity contribution in [3.63, 3.8) is 0 Å². The second kappa shape index (κ2) is 3.18. The Morgan fingerprint density at radius 2 is 2.29 bits per heavy atom. The number of hydrogen-bond acceptors (Lipinski definition) is 5. The van der Waals surface area contributed by atoms with Crippen LogP contribution in [0.25, 0.3) is 5.69 Å². The van der Waals surface area contributed by atoms with Gasteiger partial charge in [-0.25, -0.2) is 0 Å². The van der Waals surface area contributed by atoms with Crippen LogP contribution in [0.15, 0.2) is 12.4 Å². The third kappa shape index (κ3) is 1.37. The molecule has 0 aromatic carbocycles. The quantitative estimate of drug-likeness (QED) is 0.689. The van der Waals surface area contributed by atoms with E-state index in [-0.39, 0.29) is 6.04 Å². The van der Waals surface area contributed by atoms with Gasteiger partial charge in [0.05, 0.1) is 18.4 Å². The number of nitrogens with two attached hydrogens (primary N) is 1. The van der Waals surface area contributed by atoms with E-state index in [9.17, 15) is 0 Å². The Balaban J connectivity index is 2.46. The van der Waals surface area contributed by atoms with E-state index >= 15 is 0 Å². The van der Waals surface area contributed by atoms with Gasteiger partial charge in [0.2, 0.25) is 0 Å². The zero-order chi connectivity index (χ0) is 10.1. The molecule has 0 saturated carbocycles. The number of aryl methyl sites for hydroxylation is 1. The van der Waals surface area contributed by atoms with Crippen LogP contribution < -0.4 is 5.73 Å². The Kier molecular flexibility index (Phi) is 2.01. The highest BCUT2D eigenvalue weighted by atomic mass is 15.6. The maximum atomic E-state index is 5.71. The molecule has 0 amide bonds. The van der Waals surface area contributed by atoms with Gasteiger partial charge in [0.1, 0.15) is 5.69 Å². The van der Waals surface area contributed by atoms with Crippen LogP contribution in [0, 0.1) is 0 Å². The predicted octanol–water partition coefficient (Wildman–Crippen LogP) is -0.585. The fourth-order valence-corrected chi connectivity index (χ4v) is 1.18. The number of hydrogen-bond donors (Lipinski definition) is 1. The first kappa shape index (κ1) is 8.82. The van der Waals surface area contributed by atoms with Crippen molar-refractivity contribution < 1.29 is 0 Å². The molecule has 0 aliphatic rings. The average molecular weight is 193 g/mol. The van der Waals surface area contributed by atoms with Crippen LogP contribution in [-0.4, -0.2) is 30.0 Å². The highest BCUT2D eigenvalue weighted by molar-refractivity contribution is 5.24. The van der Waals surface area contributed by atoms with Gasteiger partial charge >= 0.3 is 0 Å². The topological polar surface area (TPSA) is 87.4 Å². The summed E-state index contributed by atoms with van der Waals surface area (Å²) in [4.78, 5) is 0. The van der Waals surface area contributed by atoms with Crippen molar-refractivity contribution in [3.8, 4) is 5.69 Å². The lowest BCUT2D eigenvalue weighted by Gasteiger charge is -2.03. The zero-order valence-electron chi connectivity index (χ0n) is 7.99. The van der Waals surface area contributed by atoms with Crippen LogP contribution in [0.2, 0.25) is 0 Å². The van der Waals surface area contributed by atoms with Crippen LogP contribution in [0.3, 0.4) is 0 Å². The minimum Gasteiger partial charge on any atom is -0.321 e. The van der Waals surface area contributed by atoms with E-state index in [1.807, 2.05) is 20.2 Å². The molecule has 0 saturated heterocycles. The highest BCUT2D eigenvalue weighted by Gasteiger charge is 2.12. The fraction of sp³-hybridized carbons (Fsp3) is 0.429. The standard InChI is InChI=1S/C7H11N7/c1-5(8)7-10-11-12-14(7)6-3-9-13(2)4-6/h3-5H,8H2,1-2H3. The Bertz CT molecular complexity index is 427. The van der Waals surface area contributed by atoms with E-state index in [0.29, 0.717) is 5.82 Å². The molecule has 0 radical (unpaired) electrons. The largest absolute Gasteiger partial charge is 0.321 e. The molecule has 0 aliphatic carbocycles. The Hall–Kier alpha value is -1.76. The lowest BCUT2D eigenvalue weighted by molar-refractivity contribution is 0.687. The Morgan fingerprint density at radius 1 is 1.50 bits per heavy atom. The van der Waals surface area contributed by atoms with E-state index in [1.165, 1.54) is 0 Å². The molecule has 7 nitrogen and oxygen atoms in total. The molecule has 2 N–H and O–H groups in total. The molecular weight excluding hydrogens is 182 g/mol. The molecule has 14 heavy (non-hydrogen) atoms. The summed E-state index contributed by atoms with van der Waals surface area (Å²) in [6, 6.07) is -0.204. The summed E-state index contributed by atoms with van der Waals surface area (Å²) in [6.07, 6.45) is 3.50. The summed E-state index contributed by atoms with van der Waals surface area (Å²) >= 11 is 0. The Morgan fingerprint density at radius 3 is 2.86 bits per heavy atom. The minimum absolute atomic E-state index is 0.204. The molecule has 0 aliphatic heterocycles. The van der Waals surface area contributed by atoms with Gasteiger partial charge < -0.3 is 5.73 Å². The van der Waals surface area contributed by atoms with Crippen molar-refractivity contribution >= 4 is 0 Å². The van der Waals surface area contributed by atoms with Gasteiger partial charge in [0.25, 0.3) is 0 Å². The number of nitrogens with zero attached hydrogens (tertiary/aromatic N) is 6. The molecule has 74 valence electrons. The van der Waals surface area contributed by atoms with Gasteiger partial charge in [0, 0.05) is 7.05 Å². The lowest BCUT2D eigenvalue weighted by Crippen LogP contribution is -2.12. The fourth-order valence-electron chi connectivity index (χ4n) is 1.18. The maximum Gasteiger partial charge on any atom is 0.173 e. The maximum absolute atomic E-state index is 5.71. The number of rotatable bonds is 2. The molecule has 0 spiro atoms. The molecule has 2 heterocycles. The van der Waals surface area contributed by atoms with Gasteiger partial charge in [-0.15, -0.1) is 5.10 Å². The van der Waals surface area contributed by atoms with Crippen LogP contribution >= 0.6 is 0 Å². The van der Waals surface area contributed by atoms with Crippen LogP contribution in [-0.2, 0) is 7.05 Å². The molecule has 0 fully saturated rings. The van der Waals surface area contributed by atoms with E-state index in [1.54, 1.807) is 15.6 Å². The van der Waals surface area contributed by atoms with Crippen LogP contribution in [0.1, 0.15) is 18.8 Å². The summed E-state index contributed by atoms with van der Waals surface area (Å²) in [7, 11) is 1.83. The number of tetrazole rings is 1. The van der Waals surface area contributed by atoms with E-state index in [0.717, 1.165) is 5.69 Å². The van der Waals surface area contributed by atoms with Crippen molar-refractivity contribution in [1.82, 2.24) is 30.0 Å². The third-order valence-electron chi connectivity index (χ3n) is 1.84. The van der Waals surface area contributed by atoms with Gasteiger partial charge in [-0.1, -0.05) is 0 Å². The second-order valence-corrected chi connectivity index (χ2v) is 3.11. The molecule has 2 rings (SSSR count). The number of aromatic nitrogens is 6. The first-order chi connectivity index (χ1) is 6.68. The minimum atomic E-state index is -0.204. The lowest BCUT2D eigenvalue weighted by atomic mass is 10.3. The predicted molar refractivity (Wildman–Crippen MR) is 48.5 cm³/mol. The summed E-state index contributed by atoms with van der Waals surface area (Å²) in [6.45, 7) is 1.83. The normalized spacial score (nSPS) is 13.1. The molecule has 2 aromatic rings. The molecule has 0 bridgehead atoms. The second-order valence-electron chi connectivity index (χ2n) is 3.11. The molecular formula is C7H11N7. The smallest absolute Gasteiger partial charge is 0.173 e. The van der Waals surface area contributed by atoms with E-state index in [2.05, 4.69) is 20.6 Å². The zero-order valence-corrected chi connectivity index (χ0v) is 7.99. The van der Waals surface area contributed by atoms with Crippen LogP contribution in [0.4, 0.5) is 0 Å². The van der Waals surface area contributed by atoms with E-state index < -0.39 is 0 Å². The SMILES string of the molecule is CC(N)c1nnnn1-c1cnn(C)c1. The summed E-state index contributed by atoms with van der Waals surface area (Å²) in [5.41, 5.74) is 6.52. The average Bonchev–Trinajstić information content (AvgIpc) is 2.70. The van der Waals surface area contributed by atoms with Crippen molar-refractivity contribution in [3.05, 3.63) is 18.2 Å². The molecule has 2 aromatic heterocycles. The van der Waals surface area contributed by atoms with Crippen molar-refractivity contribution in [2.24, 2.45) is 12.8 Å². The summed E-state index contributed by atoms with van der Waals surface area (Å²) in [5.74, 6) is 0.623. The van der Waals surface area contributed by atoms with Crippen molar-refractivity contribution in [2.45, 2.75) is 13.0 Å². The van der Waals surface area contributed by atoms with Gasteiger partial charge in [0.15, 0.2) is 5.82 Å². The first-order valence-electron chi connectivity index (χ1n) is 4.21. The highest BCUT2D eigenvalue weighted by Crippen LogP contribution is 2.10. The molecule has 1 atom stereocenters. The third-order valence-corrected chi connectivity index (χ3v) is 1.84. The van der Waals surface area contributed by atoms with Crippen molar-refractivity contribution in [2.75, 3.05) is 0 Å². The summed E-state index contributed by atoms with van der Waals surface area (Å²) < 4.78 is 3.26. The van der Waals surface area contributed by atoms with Gasteiger partial charge in [-0.05, 0) is 17.4 Å². The van der Waals surface area contributed by atoms with Gasteiger partial charge in [-0.3, -0.25) is 4.68 Å². The van der Waals surface area contributed by atoms with E-state index in [4.69, 9.17) is 5.73 Å². The Labute approximate surface area is 80.5 Å².